The molecular weight excluding hydrogens is 388 g/mol. The molecule has 0 aliphatic carbocycles. The van der Waals surface area contributed by atoms with E-state index in [1.165, 1.54) is 69.8 Å². The molecule has 0 spiro atoms. The fraction of sp³-hybridized carbons (Fsp3) is 0.769. The van der Waals surface area contributed by atoms with Crippen LogP contribution in [-0.4, -0.2) is 50.2 Å². The average Bonchev–Trinajstić information content (AvgIpc) is 2.78. The first-order valence-electron chi connectivity index (χ1n) is 12.6. The summed E-state index contributed by atoms with van der Waals surface area (Å²) in [5.74, 6) is 0.868. The Balaban J connectivity index is 2.05. The molecule has 1 rings (SSSR count). The lowest BCUT2D eigenvalue weighted by Gasteiger charge is -2.17. The van der Waals surface area contributed by atoms with Crippen molar-refractivity contribution in [2.45, 2.75) is 96.7 Å². The number of aliphatic hydroxyl groups is 1. The van der Waals surface area contributed by atoms with Crippen LogP contribution in [0, 0.1) is 0 Å². The summed E-state index contributed by atoms with van der Waals surface area (Å²) in [6.45, 7) is 6.75. The van der Waals surface area contributed by atoms with Gasteiger partial charge in [-0.1, -0.05) is 76.8 Å². The first-order chi connectivity index (χ1) is 15.2. The molecule has 0 saturated carbocycles. The van der Waals surface area contributed by atoms with Gasteiger partial charge in [-0.15, -0.1) is 0 Å². The summed E-state index contributed by atoms with van der Waals surface area (Å²) in [7, 11) is 0. The van der Waals surface area contributed by atoms with Gasteiger partial charge < -0.3 is 25.6 Å². The van der Waals surface area contributed by atoms with Crippen LogP contribution in [0.2, 0.25) is 0 Å². The molecule has 0 aromatic heterocycles. The molecule has 0 radical (unpaired) electrons. The second-order valence-electron chi connectivity index (χ2n) is 8.68. The highest BCUT2D eigenvalue weighted by Gasteiger charge is 2.09. The number of aryl methyl sites for hydroxylation is 1. The number of hydrogen-bond donors (Lipinski definition) is 3. The number of unbranched alkanes of at least 4 members (excludes halogenated alkanes) is 9. The second kappa shape index (κ2) is 19.5. The molecule has 31 heavy (non-hydrogen) atoms. The minimum atomic E-state index is -0.529. The highest BCUT2D eigenvalue weighted by molar-refractivity contribution is 5.27. The van der Waals surface area contributed by atoms with Crippen molar-refractivity contribution < 1.29 is 14.6 Å². The van der Waals surface area contributed by atoms with E-state index < -0.39 is 6.10 Å². The third kappa shape index (κ3) is 16.2. The highest BCUT2D eigenvalue weighted by atomic mass is 16.5. The lowest BCUT2D eigenvalue weighted by molar-refractivity contribution is -0.0182. The van der Waals surface area contributed by atoms with Crippen molar-refractivity contribution in [3.8, 4) is 5.75 Å². The summed E-state index contributed by atoms with van der Waals surface area (Å²) in [5, 5.41) is 12.9. The SMILES string of the molecule is CCCCCCCCCCCCc1ccc(OCC(C)OCC(O)CNCCN)cc1. The van der Waals surface area contributed by atoms with Gasteiger partial charge >= 0.3 is 0 Å². The van der Waals surface area contributed by atoms with Crippen LogP contribution < -0.4 is 15.8 Å². The van der Waals surface area contributed by atoms with Crippen LogP contribution in [0.15, 0.2) is 24.3 Å². The Labute approximate surface area is 191 Å². The number of benzene rings is 1. The lowest BCUT2D eigenvalue weighted by Crippen LogP contribution is -2.34. The van der Waals surface area contributed by atoms with E-state index in [0.29, 0.717) is 32.8 Å². The molecule has 2 atom stereocenters. The van der Waals surface area contributed by atoms with Gasteiger partial charge in [-0.05, 0) is 37.5 Å². The largest absolute Gasteiger partial charge is 0.491 e. The van der Waals surface area contributed by atoms with Gasteiger partial charge in [-0.3, -0.25) is 0 Å². The summed E-state index contributed by atoms with van der Waals surface area (Å²) in [6, 6.07) is 8.43. The minimum Gasteiger partial charge on any atom is -0.491 e. The van der Waals surface area contributed by atoms with Crippen molar-refractivity contribution in [1.29, 1.82) is 0 Å². The van der Waals surface area contributed by atoms with E-state index in [9.17, 15) is 5.11 Å². The van der Waals surface area contributed by atoms with Crippen LogP contribution in [-0.2, 0) is 11.2 Å². The molecular formula is C26H48N2O3. The van der Waals surface area contributed by atoms with E-state index in [1.807, 2.05) is 19.1 Å². The minimum absolute atomic E-state index is 0.0736. The Morgan fingerprint density at radius 3 is 2.13 bits per heavy atom. The van der Waals surface area contributed by atoms with Gasteiger partial charge in [0.2, 0.25) is 0 Å². The van der Waals surface area contributed by atoms with Crippen molar-refractivity contribution >= 4 is 0 Å². The van der Waals surface area contributed by atoms with E-state index >= 15 is 0 Å². The van der Waals surface area contributed by atoms with Gasteiger partial charge in [0, 0.05) is 19.6 Å². The Morgan fingerprint density at radius 2 is 1.52 bits per heavy atom. The summed E-state index contributed by atoms with van der Waals surface area (Å²) in [6.07, 6.45) is 14.3. The molecule has 1 aromatic rings. The number of hydrogen-bond acceptors (Lipinski definition) is 5. The lowest BCUT2D eigenvalue weighted by atomic mass is 10.0. The average molecular weight is 437 g/mol. The molecule has 0 aliphatic rings. The molecule has 1 aromatic carbocycles. The number of nitrogens with two attached hydrogens (primary N) is 1. The van der Waals surface area contributed by atoms with Crippen molar-refractivity contribution in [2.75, 3.05) is 32.8 Å². The van der Waals surface area contributed by atoms with Gasteiger partial charge in [-0.2, -0.15) is 0 Å². The second-order valence-corrected chi connectivity index (χ2v) is 8.68. The normalized spacial score (nSPS) is 13.3. The predicted molar refractivity (Wildman–Crippen MR) is 131 cm³/mol. The Bertz CT molecular complexity index is 510. The molecule has 0 saturated heterocycles. The molecule has 4 N–H and O–H groups in total. The smallest absolute Gasteiger partial charge is 0.119 e. The van der Waals surface area contributed by atoms with Gasteiger partial charge in [-0.25, -0.2) is 0 Å². The maximum atomic E-state index is 9.84. The summed E-state index contributed by atoms with van der Waals surface area (Å²) in [5.41, 5.74) is 6.79. The molecule has 0 heterocycles. The third-order valence-electron chi connectivity index (χ3n) is 5.50. The van der Waals surface area contributed by atoms with Crippen molar-refractivity contribution in [1.82, 2.24) is 5.32 Å². The molecule has 0 bridgehead atoms. The van der Waals surface area contributed by atoms with Crippen LogP contribution >= 0.6 is 0 Å². The monoisotopic (exact) mass is 436 g/mol. The van der Waals surface area contributed by atoms with Crippen LogP contribution in [0.3, 0.4) is 0 Å². The zero-order chi connectivity index (χ0) is 22.6. The van der Waals surface area contributed by atoms with E-state index in [0.717, 1.165) is 12.2 Å². The molecule has 2 unspecified atom stereocenters. The summed E-state index contributed by atoms with van der Waals surface area (Å²) >= 11 is 0. The van der Waals surface area contributed by atoms with Gasteiger partial charge in [0.05, 0.1) is 18.8 Å². The molecule has 0 fully saturated rings. The molecule has 0 aliphatic heterocycles. The Morgan fingerprint density at radius 1 is 0.903 bits per heavy atom. The highest BCUT2D eigenvalue weighted by Crippen LogP contribution is 2.16. The number of rotatable bonds is 21. The summed E-state index contributed by atoms with van der Waals surface area (Å²) in [4.78, 5) is 0. The van der Waals surface area contributed by atoms with Crippen LogP contribution in [0.25, 0.3) is 0 Å². The quantitative estimate of drug-likeness (QED) is 0.240. The molecule has 0 amide bonds. The van der Waals surface area contributed by atoms with E-state index in [4.69, 9.17) is 15.2 Å². The van der Waals surface area contributed by atoms with Crippen molar-refractivity contribution in [3.05, 3.63) is 29.8 Å². The number of nitrogens with one attached hydrogen (secondary N) is 1. The maximum absolute atomic E-state index is 9.84. The molecule has 5 heteroatoms. The van der Waals surface area contributed by atoms with Crippen LogP contribution in [0.1, 0.15) is 83.6 Å². The topological polar surface area (TPSA) is 76.7 Å². The van der Waals surface area contributed by atoms with E-state index in [2.05, 4.69) is 24.4 Å². The number of aliphatic hydroxyl groups excluding tert-OH is 1. The fourth-order valence-electron chi connectivity index (χ4n) is 3.54. The maximum Gasteiger partial charge on any atom is 0.119 e. The molecule has 5 nitrogen and oxygen atoms in total. The van der Waals surface area contributed by atoms with Crippen molar-refractivity contribution in [3.63, 3.8) is 0 Å². The van der Waals surface area contributed by atoms with E-state index in [1.54, 1.807) is 0 Å². The zero-order valence-electron chi connectivity index (χ0n) is 20.1. The Hall–Kier alpha value is -1.14. The van der Waals surface area contributed by atoms with Crippen LogP contribution in [0.5, 0.6) is 5.75 Å². The van der Waals surface area contributed by atoms with Crippen molar-refractivity contribution in [2.24, 2.45) is 5.73 Å². The third-order valence-corrected chi connectivity index (χ3v) is 5.50. The van der Waals surface area contributed by atoms with Gasteiger partial charge in [0.1, 0.15) is 12.4 Å². The zero-order valence-corrected chi connectivity index (χ0v) is 20.1. The fourth-order valence-corrected chi connectivity index (χ4v) is 3.54. The predicted octanol–water partition coefficient (Wildman–Crippen LogP) is 4.84. The van der Waals surface area contributed by atoms with E-state index in [-0.39, 0.29) is 6.10 Å². The standard InChI is InChI=1S/C26H48N2O3/c1-3-4-5-6-7-8-9-10-11-12-13-24-14-16-26(17-15-24)31-21-23(2)30-22-25(29)20-28-19-18-27/h14-17,23,25,28-29H,3-13,18-22,27H2,1-2H3. The van der Waals surface area contributed by atoms with Gasteiger partial charge in [0.15, 0.2) is 0 Å². The first kappa shape index (κ1) is 27.9. The first-order valence-corrected chi connectivity index (χ1v) is 12.6. The van der Waals surface area contributed by atoms with Gasteiger partial charge in [0.25, 0.3) is 0 Å². The number of ether oxygens (including phenoxy) is 2. The van der Waals surface area contributed by atoms with Crippen LogP contribution in [0.4, 0.5) is 0 Å². The Kier molecular flexibility index (Phi) is 17.6. The molecule has 180 valence electrons. The summed E-state index contributed by atoms with van der Waals surface area (Å²) < 4.78 is 11.5.